The number of methoxy groups -OCH3 is 1. The van der Waals surface area contributed by atoms with Crippen molar-refractivity contribution in [1.82, 2.24) is 0 Å². The Morgan fingerprint density at radius 3 is 2.57 bits per heavy atom. The summed E-state index contributed by atoms with van der Waals surface area (Å²) in [6, 6.07) is 14.2. The summed E-state index contributed by atoms with van der Waals surface area (Å²) in [5.41, 5.74) is 7.12. The second-order valence-corrected chi connectivity index (χ2v) is 5.00. The molecule has 0 unspecified atom stereocenters. The van der Waals surface area contributed by atoms with Gasteiger partial charge in [-0.05, 0) is 30.3 Å². The first-order valence-corrected chi connectivity index (χ1v) is 7.21. The molecule has 2 aromatic carbocycles. The summed E-state index contributed by atoms with van der Waals surface area (Å²) in [6.07, 6.45) is 0. The number of anilines is 2. The summed E-state index contributed by atoms with van der Waals surface area (Å²) >= 11 is 6.02. The van der Waals surface area contributed by atoms with E-state index in [1.807, 2.05) is 18.2 Å². The summed E-state index contributed by atoms with van der Waals surface area (Å²) in [5.74, 6) is 0.429. The highest BCUT2D eigenvalue weighted by molar-refractivity contribution is 6.32. The van der Waals surface area contributed by atoms with Gasteiger partial charge in [0.05, 0.1) is 12.1 Å². The van der Waals surface area contributed by atoms with Crippen molar-refractivity contribution in [3.8, 4) is 5.75 Å². The van der Waals surface area contributed by atoms with Crippen LogP contribution in [-0.4, -0.2) is 25.5 Å². The highest BCUT2D eigenvalue weighted by Crippen LogP contribution is 2.26. The number of para-hydroxylation sites is 1. The molecule has 120 valence electrons. The number of hydrogen-bond acceptors (Lipinski definition) is 3. The van der Waals surface area contributed by atoms with Crippen LogP contribution in [0.1, 0.15) is 0 Å². The van der Waals surface area contributed by atoms with E-state index >= 15 is 0 Å². The maximum atomic E-state index is 11.8. The lowest BCUT2D eigenvalue weighted by Crippen LogP contribution is -2.25. The molecule has 0 saturated carbocycles. The number of halogens is 1. The highest BCUT2D eigenvalue weighted by atomic mass is 35.5. The van der Waals surface area contributed by atoms with Gasteiger partial charge in [0.25, 0.3) is 0 Å². The lowest BCUT2D eigenvalue weighted by atomic mass is 10.3. The average Bonchev–Trinajstić information content (AvgIpc) is 2.54. The molecule has 2 rings (SSSR count). The molecule has 2 aromatic rings. The van der Waals surface area contributed by atoms with Crippen LogP contribution in [0, 0.1) is 0 Å². The first-order chi connectivity index (χ1) is 11.1. The number of carbonyl (C=O) groups is 1. The van der Waals surface area contributed by atoms with Crippen LogP contribution >= 0.6 is 11.6 Å². The van der Waals surface area contributed by atoms with Crippen molar-refractivity contribution in [2.45, 2.75) is 0 Å². The van der Waals surface area contributed by atoms with Crippen LogP contribution in [-0.2, 0) is 4.79 Å². The molecular formula is C16H17ClN4O2. The Bertz CT molecular complexity index is 704. The molecule has 0 atom stereocenters. The number of aliphatic imine (C=N–C) groups is 1. The van der Waals surface area contributed by atoms with Crippen LogP contribution in [0.2, 0.25) is 5.02 Å². The third-order valence-corrected chi connectivity index (χ3v) is 3.17. The number of nitrogens with two attached hydrogens (primary N) is 1. The minimum absolute atomic E-state index is 0.0857. The quantitative estimate of drug-likeness (QED) is 0.580. The van der Waals surface area contributed by atoms with Gasteiger partial charge in [-0.15, -0.1) is 0 Å². The monoisotopic (exact) mass is 332 g/mol. The number of nitrogens with one attached hydrogen (secondary N) is 2. The molecule has 0 aliphatic rings. The molecule has 0 radical (unpaired) electrons. The fourth-order valence-corrected chi connectivity index (χ4v) is 2.07. The zero-order chi connectivity index (χ0) is 16.7. The van der Waals surface area contributed by atoms with E-state index in [-0.39, 0.29) is 18.4 Å². The Kier molecular flexibility index (Phi) is 5.82. The van der Waals surface area contributed by atoms with Gasteiger partial charge in [0.15, 0.2) is 5.96 Å². The maximum Gasteiger partial charge on any atom is 0.246 e. The van der Waals surface area contributed by atoms with Gasteiger partial charge >= 0.3 is 0 Å². The predicted molar refractivity (Wildman–Crippen MR) is 93.2 cm³/mol. The summed E-state index contributed by atoms with van der Waals surface area (Å²) in [4.78, 5) is 15.8. The van der Waals surface area contributed by atoms with Crippen LogP contribution in [0.3, 0.4) is 0 Å². The van der Waals surface area contributed by atoms with Gasteiger partial charge in [0, 0.05) is 11.4 Å². The number of hydrogen-bond donors (Lipinski definition) is 3. The molecule has 0 aromatic heterocycles. The van der Waals surface area contributed by atoms with E-state index in [0.29, 0.717) is 22.1 Å². The molecule has 1 amide bonds. The minimum atomic E-state index is -0.256. The number of amides is 1. The number of carbonyl (C=O) groups excluding carboxylic acids is 1. The minimum Gasteiger partial charge on any atom is -0.495 e. The van der Waals surface area contributed by atoms with E-state index in [2.05, 4.69) is 15.6 Å². The number of nitrogens with zero attached hydrogens (tertiary/aromatic N) is 1. The SMILES string of the molecule is COc1ccc(NC(N)=NCC(=O)Nc2ccccc2)cc1Cl. The third kappa shape index (κ3) is 5.19. The molecule has 0 bridgehead atoms. The summed E-state index contributed by atoms with van der Waals surface area (Å²) in [6.45, 7) is -0.0857. The van der Waals surface area contributed by atoms with Gasteiger partial charge in [-0.3, -0.25) is 4.79 Å². The molecule has 0 fully saturated rings. The summed E-state index contributed by atoms with van der Waals surface area (Å²) < 4.78 is 5.07. The van der Waals surface area contributed by atoms with Crippen molar-refractivity contribution in [2.75, 3.05) is 24.3 Å². The van der Waals surface area contributed by atoms with E-state index in [9.17, 15) is 4.79 Å². The molecule has 7 heteroatoms. The molecule has 23 heavy (non-hydrogen) atoms. The molecule has 0 saturated heterocycles. The van der Waals surface area contributed by atoms with Gasteiger partial charge in [-0.1, -0.05) is 29.8 Å². The van der Waals surface area contributed by atoms with Crippen molar-refractivity contribution in [1.29, 1.82) is 0 Å². The number of rotatable bonds is 5. The second-order valence-electron chi connectivity index (χ2n) is 4.59. The fraction of sp³-hybridized carbons (Fsp3) is 0.125. The Balaban J connectivity index is 1.90. The highest BCUT2D eigenvalue weighted by Gasteiger charge is 2.04. The fourth-order valence-electron chi connectivity index (χ4n) is 1.81. The lowest BCUT2D eigenvalue weighted by molar-refractivity contribution is -0.114. The molecule has 0 heterocycles. The van der Waals surface area contributed by atoms with Crippen LogP contribution in [0.4, 0.5) is 11.4 Å². The smallest absolute Gasteiger partial charge is 0.246 e. The molecular weight excluding hydrogens is 316 g/mol. The normalized spacial score (nSPS) is 11.0. The number of ether oxygens (including phenoxy) is 1. The van der Waals surface area contributed by atoms with Crippen LogP contribution in [0.15, 0.2) is 53.5 Å². The van der Waals surface area contributed by atoms with Gasteiger partial charge in [-0.2, -0.15) is 0 Å². The number of guanidine groups is 1. The lowest BCUT2D eigenvalue weighted by Gasteiger charge is -2.08. The first kappa shape index (κ1) is 16.6. The largest absolute Gasteiger partial charge is 0.495 e. The number of benzene rings is 2. The van der Waals surface area contributed by atoms with E-state index < -0.39 is 0 Å². The maximum absolute atomic E-state index is 11.8. The zero-order valence-electron chi connectivity index (χ0n) is 12.5. The molecule has 4 N–H and O–H groups in total. The Labute approximate surface area is 139 Å². The Morgan fingerprint density at radius 2 is 1.91 bits per heavy atom. The van der Waals surface area contributed by atoms with Gasteiger partial charge < -0.3 is 21.1 Å². The molecule has 0 aliphatic carbocycles. The van der Waals surface area contributed by atoms with E-state index in [1.165, 1.54) is 7.11 Å². The van der Waals surface area contributed by atoms with Crippen LogP contribution in [0.5, 0.6) is 5.75 Å². The van der Waals surface area contributed by atoms with Crippen LogP contribution in [0.25, 0.3) is 0 Å². The Hall–Kier alpha value is -2.73. The van der Waals surface area contributed by atoms with E-state index in [0.717, 1.165) is 0 Å². The van der Waals surface area contributed by atoms with Crippen molar-refractivity contribution >= 4 is 34.8 Å². The van der Waals surface area contributed by atoms with Gasteiger partial charge in [0.2, 0.25) is 5.91 Å². The Morgan fingerprint density at radius 1 is 1.17 bits per heavy atom. The van der Waals surface area contributed by atoms with Crippen molar-refractivity contribution in [3.63, 3.8) is 0 Å². The predicted octanol–water partition coefficient (Wildman–Crippen LogP) is 2.71. The standard InChI is InChI=1S/C16H17ClN4O2/c1-23-14-8-7-12(9-13(14)17)21-16(18)19-10-15(22)20-11-5-3-2-4-6-11/h2-9H,10H2,1H3,(H,20,22)(H3,18,19,21). The van der Waals surface area contributed by atoms with E-state index in [4.69, 9.17) is 22.1 Å². The van der Waals surface area contributed by atoms with Crippen molar-refractivity contribution in [2.24, 2.45) is 10.7 Å². The van der Waals surface area contributed by atoms with Crippen molar-refractivity contribution < 1.29 is 9.53 Å². The first-order valence-electron chi connectivity index (χ1n) is 6.84. The zero-order valence-corrected chi connectivity index (χ0v) is 13.3. The molecule has 0 aliphatic heterocycles. The average molecular weight is 333 g/mol. The van der Waals surface area contributed by atoms with E-state index in [1.54, 1.807) is 30.3 Å². The molecule has 0 spiro atoms. The second kappa shape index (κ2) is 8.05. The van der Waals surface area contributed by atoms with Crippen molar-refractivity contribution in [3.05, 3.63) is 53.6 Å². The molecule has 6 nitrogen and oxygen atoms in total. The summed E-state index contributed by atoms with van der Waals surface area (Å²) in [5, 5.41) is 6.03. The summed E-state index contributed by atoms with van der Waals surface area (Å²) in [7, 11) is 1.54. The van der Waals surface area contributed by atoms with Gasteiger partial charge in [0.1, 0.15) is 12.3 Å². The van der Waals surface area contributed by atoms with Crippen LogP contribution < -0.4 is 21.1 Å². The van der Waals surface area contributed by atoms with Gasteiger partial charge in [-0.25, -0.2) is 4.99 Å². The topological polar surface area (TPSA) is 88.7 Å². The third-order valence-electron chi connectivity index (χ3n) is 2.87.